The third-order valence-electron chi connectivity index (χ3n) is 4.01. The molecule has 3 heterocycles. The van der Waals surface area contributed by atoms with E-state index in [2.05, 4.69) is 20.4 Å². The Balaban J connectivity index is 1.81. The van der Waals surface area contributed by atoms with E-state index in [1.807, 2.05) is 6.92 Å². The molecule has 0 bridgehead atoms. The van der Waals surface area contributed by atoms with Crippen LogP contribution in [0.15, 0.2) is 27.3 Å². The molecule has 0 aliphatic carbocycles. The van der Waals surface area contributed by atoms with Crippen molar-refractivity contribution in [3.8, 4) is 0 Å². The van der Waals surface area contributed by atoms with Crippen molar-refractivity contribution in [1.29, 1.82) is 0 Å². The summed E-state index contributed by atoms with van der Waals surface area (Å²) >= 11 is 2.46. The number of rotatable bonds is 7. The van der Waals surface area contributed by atoms with Crippen molar-refractivity contribution in [1.82, 2.24) is 15.2 Å². The molecule has 2 aliphatic heterocycles. The van der Waals surface area contributed by atoms with Gasteiger partial charge in [-0.15, -0.1) is 23.1 Å². The summed E-state index contributed by atoms with van der Waals surface area (Å²) in [7, 11) is 0. The molecule has 2 unspecified atom stereocenters. The smallest absolute Gasteiger partial charge is 0.352 e. The Kier molecular flexibility index (Phi) is 6.17. The maximum Gasteiger partial charge on any atom is 0.352 e. The second kappa shape index (κ2) is 8.61. The quantitative estimate of drug-likeness (QED) is 0.227. The lowest BCUT2D eigenvalue weighted by Crippen LogP contribution is -2.71. The Morgan fingerprint density at radius 1 is 1.48 bits per heavy atom. The van der Waals surface area contributed by atoms with Gasteiger partial charge in [0.2, 0.25) is 6.41 Å². The third kappa shape index (κ3) is 4.10. The number of β-lactam (4-membered cyclic amide) rings is 1. The highest BCUT2D eigenvalue weighted by Crippen LogP contribution is 2.40. The van der Waals surface area contributed by atoms with Crippen LogP contribution in [-0.4, -0.2) is 68.2 Å². The number of H-pyrrole nitrogens is 1. The summed E-state index contributed by atoms with van der Waals surface area (Å²) in [5.74, 6) is -2.39. The average Bonchev–Trinajstić information content (AvgIpc) is 3.14. The summed E-state index contributed by atoms with van der Waals surface area (Å²) in [6.07, 6.45) is 1.86. The number of carbonyl (C=O) groups excluding carboxylic acids is 3. The number of carboxylic acids is 1. The van der Waals surface area contributed by atoms with Crippen LogP contribution in [0.3, 0.4) is 0 Å². The Bertz CT molecular complexity index is 980. The second-order valence-electron chi connectivity index (χ2n) is 5.92. The molecule has 0 spiro atoms. The number of aromatic nitrogens is 1. The van der Waals surface area contributed by atoms with E-state index in [1.54, 1.807) is 6.92 Å². The molecule has 3 rings (SSSR count). The van der Waals surface area contributed by atoms with Crippen molar-refractivity contribution in [3.05, 3.63) is 27.6 Å². The van der Waals surface area contributed by atoms with Crippen LogP contribution in [0.4, 0.5) is 0 Å². The molecule has 1 aromatic heterocycles. The molecule has 0 aromatic carbocycles. The van der Waals surface area contributed by atoms with Gasteiger partial charge in [0, 0.05) is 10.6 Å². The topological polar surface area (TPSA) is 154 Å². The van der Waals surface area contributed by atoms with E-state index in [0.717, 1.165) is 16.2 Å². The molecular formula is C16H17N5O6S2. The lowest BCUT2D eigenvalue weighted by atomic mass is 10.0. The molecule has 1 fully saturated rings. The summed E-state index contributed by atoms with van der Waals surface area (Å²) in [6, 6.07) is -0.900. The van der Waals surface area contributed by atoms with E-state index in [9.17, 15) is 24.3 Å². The first kappa shape index (κ1) is 20.8. The third-order valence-corrected chi connectivity index (χ3v) is 6.12. The van der Waals surface area contributed by atoms with Crippen molar-refractivity contribution < 1.29 is 29.1 Å². The highest BCUT2D eigenvalue weighted by molar-refractivity contribution is 8.00. The van der Waals surface area contributed by atoms with Gasteiger partial charge in [0.25, 0.3) is 11.8 Å². The van der Waals surface area contributed by atoms with Gasteiger partial charge < -0.3 is 20.2 Å². The molecule has 154 valence electrons. The fraction of sp³-hybridized carbons (Fsp3) is 0.375. The number of carboxylic acid groups (broad SMARTS) is 1. The van der Waals surface area contributed by atoms with Crippen molar-refractivity contribution in [2.45, 2.75) is 30.5 Å². The molecule has 13 heteroatoms. The summed E-state index contributed by atoms with van der Waals surface area (Å²) in [5, 5.41) is 16.6. The molecule has 1 saturated heterocycles. The predicted octanol–water partition coefficient (Wildman–Crippen LogP) is -0.369. The number of amides is 3. The van der Waals surface area contributed by atoms with Crippen LogP contribution in [-0.2, 0) is 24.0 Å². The number of hydrogen-bond donors (Lipinski definition) is 3. The maximum atomic E-state index is 12.8. The number of thiazole rings is 1. The Morgan fingerprint density at radius 3 is 2.90 bits per heavy atom. The first-order valence-corrected chi connectivity index (χ1v) is 10.3. The number of aromatic amines is 1. The first-order valence-electron chi connectivity index (χ1n) is 8.47. The number of nitrogens with zero attached hydrogens (tertiary/aromatic N) is 3. The van der Waals surface area contributed by atoms with Gasteiger partial charge in [0.15, 0.2) is 10.5 Å². The zero-order valence-corrected chi connectivity index (χ0v) is 17.0. The average molecular weight is 439 g/mol. The van der Waals surface area contributed by atoms with Gasteiger partial charge in [-0.05, 0) is 19.9 Å². The SMILES string of the molecule is CCO/N=C(\C(=O)NC1C(=O)N2C(C(=O)O)=CC(C)S[C@H]12)c1cs/c(=N/C=O)[nH]1. The molecule has 29 heavy (non-hydrogen) atoms. The van der Waals surface area contributed by atoms with Crippen LogP contribution in [0.1, 0.15) is 19.5 Å². The Hall–Kier alpha value is -2.93. The van der Waals surface area contributed by atoms with E-state index in [1.165, 1.54) is 23.2 Å². The van der Waals surface area contributed by atoms with Gasteiger partial charge >= 0.3 is 5.97 Å². The van der Waals surface area contributed by atoms with Crippen molar-refractivity contribution in [2.24, 2.45) is 10.1 Å². The van der Waals surface area contributed by atoms with Crippen molar-refractivity contribution >= 4 is 53.0 Å². The monoisotopic (exact) mass is 439 g/mol. The summed E-state index contributed by atoms with van der Waals surface area (Å²) in [5.41, 5.74) is 0.0526. The predicted molar refractivity (Wildman–Crippen MR) is 104 cm³/mol. The first-order chi connectivity index (χ1) is 13.9. The minimum absolute atomic E-state index is 0.0914. The standard InChI is InChI=1S/C16H17N5O6S2/c1-3-27-20-10(8-5-28-16(18-8)17-6-22)12(23)19-11-13(24)21-9(15(25)26)4-7(2)29-14(11)21/h4-7,11,14H,3H2,1-2H3,(H,19,23)(H,25,26)(H,17,18,22)/b20-10-/t7?,11?,14-/m1/s1. The molecule has 3 amide bonds. The summed E-state index contributed by atoms with van der Waals surface area (Å²) < 4.78 is 0. The van der Waals surface area contributed by atoms with Gasteiger partial charge in [-0.2, -0.15) is 4.99 Å². The maximum absolute atomic E-state index is 12.8. The lowest BCUT2D eigenvalue weighted by Gasteiger charge is -2.49. The van der Waals surface area contributed by atoms with Crippen LogP contribution in [0, 0.1) is 0 Å². The van der Waals surface area contributed by atoms with E-state index >= 15 is 0 Å². The minimum atomic E-state index is -1.20. The van der Waals surface area contributed by atoms with E-state index < -0.39 is 29.2 Å². The highest BCUT2D eigenvalue weighted by atomic mass is 32.2. The molecule has 3 N–H and O–H groups in total. The molecule has 11 nitrogen and oxygen atoms in total. The summed E-state index contributed by atoms with van der Waals surface area (Å²) in [4.78, 5) is 59.9. The second-order valence-corrected chi connectivity index (χ2v) is 8.28. The van der Waals surface area contributed by atoms with Gasteiger partial charge in [0.1, 0.15) is 23.7 Å². The molecule has 0 saturated carbocycles. The zero-order chi connectivity index (χ0) is 21.1. The highest BCUT2D eigenvalue weighted by Gasteiger charge is 2.54. The van der Waals surface area contributed by atoms with Gasteiger partial charge in [-0.25, -0.2) is 4.79 Å². The lowest BCUT2D eigenvalue weighted by molar-refractivity contribution is -0.150. The zero-order valence-electron chi connectivity index (χ0n) is 15.3. The van der Waals surface area contributed by atoms with Gasteiger partial charge in [-0.3, -0.25) is 19.3 Å². The van der Waals surface area contributed by atoms with Crippen LogP contribution in [0.5, 0.6) is 0 Å². The molecule has 0 radical (unpaired) electrons. The summed E-state index contributed by atoms with van der Waals surface area (Å²) in [6.45, 7) is 3.72. The van der Waals surface area contributed by atoms with Crippen LogP contribution >= 0.6 is 23.1 Å². The van der Waals surface area contributed by atoms with E-state index in [0.29, 0.717) is 6.41 Å². The molecular weight excluding hydrogens is 422 g/mol. The number of aliphatic carboxylic acids is 1. The molecule has 3 atom stereocenters. The number of carbonyl (C=O) groups is 4. The van der Waals surface area contributed by atoms with Crippen molar-refractivity contribution in [3.63, 3.8) is 0 Å². The molecule has 2 aliphatic rings. The number of nitrogens with one attached hydrogen (secondary N) is 2. The largest absolute Gasteiger partial charge is 0.477 e. The number of fused-ring (bicyclic) bond motifs is 1. The van der Waals surface area contributed by atoms with E-state index in [-0.39, 0.29) is 33.8 Å². The van der Waals surface area contributed by atoms with Crippen LogP contribution < -0.4 is 10.1 Å². The normalized spacial score (nSPS) is 24.3. The Morgan fingerprint density at radius 2 is 2.24 bits per heavy atom. The Labute approximate surface area is 172 Å². The fourth-order valence-corrected chi connectivity index (χ4v) is 4.80. The number of hydrogen-bond acceptors (Lipinski definition) is 8. The van der Waals surface area contributed by atoms with Crippen LogP contribution in [0.2, 0.25) is 0 Å². The number of thioether (sulfide) groups is 1. The van der Waals surface area contributed by atoms with Gasteiger partial charge in [0.05, 0.1) is 5.69 Å². The number of oxime groups is 1. The van der Waals surface area contributed by atoms with E-state index in [4.69, 9.17) is 4.84 Å². The van der Waals surface area contributed by atoms with Crippen LogP contribution in [0.25, 0.3) is 0 Å². The van der Waals surface area contributed by atoms with Gasteiger partial charge in [-0.1, -0.05) is 5.16 Å². The molecule has 1 aromatic rings. The minimum Gasteiger partial charge on any atom is -0.477 e. The fourth-order valence-electron chi connectivity index (χ4n) is 2.79. The van der Waals surface area contributed by atoms with Crippen molar-refractivity contribution in [2.75, 3.05) is 6.61 Å².